The number of nitrogens with zero attached hydrogens (tertiary/aromatic N) is 3. The summed E-state index contributed by atoms with van der Waals surface area (Å²) >= 11 is 0. The second-order valence-corrected chi connectivity index (χ2v) is 5.79. The van der Waals surface area contributed by atoms with Gasteiger partial charge in [0.15, 0.2) is 11.8 Å². The maximum Gasteiger partial charge on any atom is 0.228 e. The first-order chi connectivity index (χ1) is 11.1. The molecule has 2 rings (SSSR count). The molecule has 0 saturated carbocycles. The van der Waals surface area contributed by atoms with Gasteiger partial charge in [-0.25, -0.2) is 0 Å². The van der Waals surface area contributed by atoms with Gasteiger partial charge < -0.3 is 15.2 Å². The van der Waals surface area contributed by atoms with Gasteiger partial charge in [0.25, 0.3) is 0 Å². The first kappa shape index (κ1) is 17.0. The number of guanidine groups is 1. The minimum atomic E-state index is 0.282. The second kappa shape index (κ2) is 8.31. The van der Waals surface area contributed by atoms with Crippen LogP contribution in [0.5, 0.6) is 0 Å². The van der Waals surface area contributed by atoms with E-state index in [-0.39, 0.29) is 5.92 Å². The van der Waals surface area contributed by atoms with Gasteiger partial charge in [0, 0.05) is 32.5 Å². The van der Waals surface area contributed by atoms with E-state index >= 15 is 0 Å². The van der Waals surface area contributed by atoms with Gasteiger partial charge in [0.1, 0.15) is 0 Å². The molecule has 2 N–H and O–H groups in total. The van der Waals surface area contributed by atoms with E-state index in [0.717, 1.165) is 18.3 Å². The van der Waals surface area contributed by atoms with E-state index in [1.807, 2.05) is 13.8 Å². The molecule has 0 atom stereocenters. The topological polar surface area (TPSA) is 75.3 Å². The number of rotatable bonds is 6. The molecule has 0 spiro atoms. The quantitative estimate of drug-likeness (QED) is 0.632. The molecule has 0 radical (unpaired) electrons. The normalized spacial score (nSPS) is 11.8. The molecule has 0 aliphatic heterocycles. The Morgan fingerprint density at radius 1 is 1.30 bits per heavy atom. The van der Waals surface area contributed by atoms with Gasteiger partial charge in [-0.05, 0) is 12.5 Å². The Bertz CT molecular complexity index is 648. The molecule has 6 heteroatoms. The van der Waals surface area contributed by atoms with E-state index in [1.165, 1.54) is 11.1 Å². The highest BCUT2D eigenvalue weighted by atomic mass is 16.5. The molecule has 0 unspecified atom stereocenters. The Morgan fingerprint density at radius 2 is 2.13 bits per heavy atom. The average molecular weight is 315 g/mol. The van der Waals surface area contributed by atoms with Crippen molar-refractivity contribution in [3.63, 3.8) is 0 Å². The molecule has 1 aromatic carbocycles. The predicted molar refractivity (Wildman–Crippen MR) is 91.5 cm³/mol. The summed E-state index contributed by atoms with van der Waals surface area (Å²) in [5.41, 5.74) is 2.48. The largest absolute Gasteiger partial charge is 0.356 e. The Kier molecular flexibility index (Phi) is 6.14. The van der Waals surface area contributed by atoms with E-state index in [0.29, 0.717) is 18.9 Å². The smallest absolute Gasteiger partial charge is 0.228 e. The summed E-state index contributed by atoms with van der Waals surface area (Å²) in [5, 5.41) is 10.5. The number of aromatic nitrogens is 2. The highest BCUT2D eigenvalue weighted by Gasteiger charge is 2.09. The lowest BCUT2D eigenvalue weighted by Crippen LogP contribution is -2.37. The van der Waals surface area contributed by atoms with Gasteiger partial charge >= 0.3 is 0 Å². The third-order valence-electron chi connectivity index (χ3n) is 3.40. The Balaban J connectivity index is 1.76. The molecule has 1 aromatic heterocycles. The van der Waals surface area contributed by atoms with Crippen molar-refractivity contribution in [2.45, 2.75) is 39.7 Å². The van der Waals surface area contributed by atoms with Crippen molar-refractivity contribution in [3.8, 4) is 0 Å². The Hall–Kier alpha value is -2.37. The zero-order valence-electron chi connectivity index (χ0n) is 14.3. The number of aryl methyl sites for hydroxylation is 1. The predicted octanol–water partition coefficient (Wildman–Crippen LogP) is 2.41. The molecule has 0 fully saturated rings. The summed E-state index contributed by atoms with van der Waals surface area (Å²) in [6, 6.07) is 8.40. The van der Waals surface area contributed by atoms with E-state index in [9.17, 15) is 0 Å². The monoisotopic (exact) mass is 315 g/mol. The SMILES string of the molecule is CN=C(NCCc1nc(C(C)C)no1)NCc1cccc(C)c1. The van der Waals surface area contributed by atoms with Crippen molar-refractivity contribution in [2.24, 2.45) is 4.99 Å². The van der Waals surface area contributed by atoms with Gasteiger partial charge in [0.05, 0.1) is 0 Å². The third-order valence-corrected chi connectivity index (χ3v) is 3.40. The molecular weight excluding hydrogens is 290 g/mol. The summed E-state index contributed by atoms with van der Waals surface area (Å²) in [5.74, 6) is 2.44. The Morgan fingerprint density at radius 3 is 2.78 bits per heavy atom. The molecule has 0 bridgehead atoms. The average Bonchev–Trinajstić information content (AvgIpc) is 3.00. The molecule has 0 aliphatic carbocycles. The zero-order valence-corrected chi connectivity index (χ0v) is 14.3. The van der Waals surface area contributed by atoms with Crippen LogP contribution in [-0.4, -0.2) is 29.7 Å². The first-order valence-corrected chi connectivity index (χ1v) is 7.91. The number of aliphatic imine (C=N–C) groups is 1. The van der Waals surface area contributed by atoms with Crippen LogP contribution < -0.4 is 10.6 Å². The lowest BCUT2D eigenvalue weighted by atomic mass is 10.1. The van der Waals surface area contributed by atoms with Crippen LogP contribution in [0.4, 0.5) is 0 Å². The Labute approximate surface area is 137 Å². The van der Waals surface area contributed by atoms with Crippen LogP contribution in [0, 0.1) is 6.92 Å². The standard InChI is InChI=1S/C17H25N5O/c1-12(2)16-21-15(23-22-16)8-9-19-17(18-4)20-11-14-7-5-6-13(3)10-14/h5-7,10,12H,8-9,11H2,1-4H3,(H2,18,19,20). The molecule has 0 aliphatic rings. The minimum absolute atomic E-state index is 0.282. The van der Waals surface area contributed by atoms with E-state index in [1.54, 1.807) is 7.05 Å². The summed E-state index contributed by atoms with van der Waals surface area (Å²) in [7, 11) is 1.76. The molecule has 1 heterocycles. The van der Waals surface area contributed by atoms with Gasteiger partial charge in [-0.3, -0.25) is 4.99 Å². The van der Waals surface area contributed by atoms with Crippen molar-refractivity contribution in [1.82, 2.24) is 20.8 Å². The van der Waals surface area contributed by atoms with E-state index in [2.05, 4.69) is 57.0 Å². The molecule has 0 saturated heterocycles. The molecule has 2 aromatic rings. The molecule has 0 amide bonds. The van der Waals surface area contributed by atoms with Crippen LogP contribution in [0.2, 0.25) is 0 Å². The summed E-state index contributed by atoms with van der Waals surface area (Å²) < 4.78 is 5.22. The van der Waals surface area contributed by atoms with Crippen LogP contribution in [0.25, 0.3) is 0 Å². The summed E-state index contributed by atoms with van der Waals surface area (Å²) in [6.45, 7) is 7.60. The van der Waals surface area contributed by atoms with Gasteiger partial charge in [-0.1, -0.05) is 48.8 Å². The van der Waals surface area contributed by atoms with Gasteiger partial charge in [-0.2, -0.15) is 4.98 Å². The van der Waals surface area contributed by atoms with Crippen LogP contribution >= 0.6 is 0 Å². The molecular formula is C17H25N5O. The zero-order chi connectivity index (χ0) is 16.7. The summed E-state index contributed by atoms with van der Waals surface area (Å²) in [4.78, 5) is 8.58. The van der Waals surface area contributed by atoms with Crippen LogP contribution in [0.1, 0.15) is 42.6 Å². The lowest BCUT2D eigenvalue weighted by molar-refractivity contribution is 0.371. The number of hydrogen-bond acceptors (Lipinski definition) is 4. The highest BCUT2D eigenvalue weighted by molar-refractivity contribution is 5.79. The highest BCUT2D eigenvalue weighted by Crippen LogP contribution is 2.09. The lowest BCUT2D eigenvalue weighted by Gasteiger charge is -2.11. The molecule has 124 valence electrons. The molecule has 6 nitrogen and oxygen atoms in total. The van der Waals surface area contributed by atoms with Crippen molar-refractivity contribution >= 4 is 5.96 Å². The van der Waals surface area contributed by atoms with Crippen LogP contribution in [-0.2, 0) is 13.0 Å². The maximum absolute atomic E-state index is 5.22. The number of nitrogens with one attached hydrogen (secondary N) is 2. The first-order valence-electron chi connectivity index (χ1n) is 7.91. The number of benzene rings is 1. The van der Waals surface area contributed by atoms with Crippen molar-refractivity contribution < 1.29 is 4.52 Å². The van der Waals surface area contributed by atoms with Crippen molar-refractivity contribution in [1.29, 1.82) is 0 Å². The van der Waals surface area contributed by atoms with E-state index in [4.69, 9.17) is 4.52 Å². The van der Waals surface area contributed by atoms with Crippen LogP contribution in [0.15, 0.2) is 33.8 Å². The maximum atomic E-state index is 5.22. The third kappa shape index (κ3) is 5.39. The van der Waals surface area contributed by atoms with Crippen LogP contribution in [0.3, 0.4) is 0 Å². The van der Waals surface area contributed by atoms with Gasteiger partial charge in [0.2, 0.25) is 5.89 Å². The second-order valence-electron chi connectivity index (χ2n) is 5.79. The minimum Gasteiger partial charge on any atom is -0.356 e. The van der Waals surface area contributed by atoms with Crippen molar-refractivity contribution in [2.75, 3.05) is 13.6 Å². The fraction of sp³-hybridized carbons (Fsp3) is 0.471. The summed E-state index contributed by atoms with van der Waals surface area (Å²) in [6.07, 6.45) is 0.671. The van der Waals surface area contributed by atoms with E-state index < -0.39 is 0 Å². The van der Waals surface area contributed by atoms with Gasteiger partial charge in [-0.15, -0.1) is 0 Å². The number of hydrogen-bond donors (Lipinski definition) is 2. The fourth-order valence-electron chi connectivity index (χ4n) is 2.12. The fourth-order valence-corrected chi connectivity index (χ4v) is 2.12. The molecule has 23 heavy (non-hydrogen) atoms. The van der Waals surface area contributed by atoms with Crippen molar-refractivity contribution in [3.05, 3.63) is 47.1 Å².